The Balaban J connectivity index is 2.05. The predicted molar refractivity (Wildman–Crippen MR) is 80.8 cm³/mol. The molecule has 0 unspecified atom stereocenters. The van der Waals surface area contributed by atoms with Crippen LogP contribution < -0.4 is 10.2 Å². The summed E-state index contributed by atoms with van der Waals surface area (Å²) < 4.78 is 0. The number of anilines is 1. The molecule has 0 radical (unpaired) electrons. The van der Waals surface area contributed by atoms with Gasteiger partial charge < -0.3 is 10.2 Å². The Hall–Kier alpha value is -0.450. The molecule has 2 heterocycles. The van der Waals surface area contributed by atoms with E-state index < -0.39 is 0 Å². The van der Waals surface area contributed by atoms with Gasteiger partial charge in [0.25, 0.3) is 0 Å². The summed E-state index contributed by atoms with van der Waals surface area (Å²) in [5, 5.41) is 4.67. The lowest BCUT2D eigenvalue weighted by molar-refractivity contribution is 0.587. The standard InChI is InChI=1S/C13H20ClN3S/c1-15-8-10-7-12(14)13(16-9-10)17-5-3-11(18-2)4-6-17/h7,9,11,15H,3-6,8H2,1-2H3. The molecule has 0 saturated carbocycles. The Morgan fingerprint density at radius 1 is 1.50 bits per heavy atom. The highest BCUT2D eigenvalue weighted by Gasteiger charge is 2.20. The molecule has 0 aromatic carbocycles. The Labute approximate surface area is 118 Å². The van der Waals surface area contributed by atoms with E-state index >= 15 is 0 Å². The molecule has 1 aromatic rings. The third-order valence-electron chi connectivity index (χ3n) is 3.33. The third kappa shape index (κ3) is 3.31. The zero-order chi connectivity index (χ0) is 13.0. The fourth-order valence-electron chi connectivity index (χ4n) is 2.31. The first-order chi connectivity index (χ1) is 8.74. The molecular formula is C13H20ClN3S. The summed E-state index contributed by atoms with van der Waals surface area (Å²) in [4.78, 5) is 6.82. The van der Waals surface area contributed by atoms with E-state index in [4.69, 9.17) is 11.6 Å². The molecule has 1 aliphatic heterocycles. The zero-order valence-corrected chi connectivity index (χ0v) is 12.5. The minimum absolute atomic E-state index is 0.769. The van der Waals surface area contributed by atoms with Crippen LogP contribution in [0.1, 0.15) is 18.4 Å². The van der Waals surface area contributed by atoms with E-state index in [0.29, 0.717) is 0 Å². The summed E-state index contributed by atoms with van der Waals surface area (Å²) in [7, 11) is 1.93. The SMILES string of the molecule is CNCc1cnc(N2CCC(SC)CC2)c(Cl)c1. The molecule has 1 aliphatic rings. The van der Waals surface area contributed by atoms with Crippen molar-refractivity contribution in [2.24, 2.45) is 0 Å². The van der Waals surface area contributed by atoms with Crippen molar-refractivity contribution in [3.05, 3.63) is 22.8 Å². The van der Waals surface area contributed by atoms with Crippen molar-refractivity contribution in [1.82, 2.24) is 10.3 Å². The second-order valence-corrected chi connectivity index (χ2v) is 6.15. The molecule has 0 atom stereocenters. The summed E-state index contributed by atoms with van der Waals surface area (Å²) in [5.74, 6) is 0.941. The molecule has 1 aromatic heterocycles. The minimum Gasteiger partial charge on any atom is -0.355 e. The highest BCUT2D eigenvalue weighted by molar-refractivity contribution is 7.99. The van der Waals surface area contributed by atoms with Crippen molar-refractivity contribution in [2.75, 3.05) is 31.3 Å². The van der Waals surface area contributed by atoms with Crippen molar-refractivity contribution in [2.45, 2.75) is 24.6 Å². The molecule has 0 aliphatic carbocycles. The summed E-state index contributed by atoms with van der Waals surface area (Å²) >= 11 is 8.30. The van der Waals surface area contributed by atoms with Crippen molar-refractivity contribution in [3.63, 3.8) is 0 Å². The van der Waals surface area contributed by atoms with E-state index in [1.54, 1.807) is 0 Å². The number of pyridine rings is 1. The maximum Gasteiger partial charge on any atom is 0.147 e. The van der Waals surface area contributed by atoms with Crippen molar-refractivity contribution in [3.8, 4) is 0 Å². The van der Waals surface area contributed by atoms with Gasteiger partial charge in [-0.05, 0) is 37.8 Å². The number of nitrogens with one attached hydrogen (secondary N) is 1. The van der Waals surface area contributed by atoms with Gasteiger partial charge >= 0.3 is 0 Å². The lowest BCUT2D eigenvalue weighted by Gasteiger charge is -2.32. The summed E-state index contributed by atoms with van der Waals surface area (Å²) in [6, 6.07) is 2.01. The summed E-state index contributed by atoms with van der Waals surface area (Å²) in [5.41, 5.74) is 1.13. The molecule has 1 N–H and O–H groups in total. The first-order valence-corrected chi connectivity index (χ1v) is 7.98. The fraction of sp³-hybridized carbons (Fsp3) is 0.615. The molecule has 0 spiro atoms. The van der Waals surface area contributed by atoms with E-state index in [2.05, 4.69) is 21.5 Å². The molecule has 2 rings (SSSR count). The highest BCUT2D eigenvalue weighted by atomic mass is 35.5. The monoisotopic (exact) mass is 285 g/mol. The van der Waals surface area contributed by atoms with Crippen LogP contribution in [0.15, 0.2) is 12.3 Å². The van der Waals surface area contributed by atoms with Gasteiger partial charge in [-0.15, -0.1) is 0 Å². The number of thioether (sulfide) groups is 1. The van der Waals surface area contributed by atoms with Crippen LogP contribution in [-0.4, -0.2) is 36.6 Å². The maximum atomic E-state index is 6.33. The van der Waals surface area contributed by atoms with E-state index in [9.17, 15) is 0 Å². The molecule has 3 nitrogen and oxygen atoms in total. The number of nitrogens with zero attached hydrogens (tertiary/aromatic N) is 2. The van der Waals surface area contributed by atoms with Gasteiger partial charge in [0.15, 0.2) is 0 Å². The Morgan fingerprint density at radius 2 is 2.22 bits per heavy atom. The largest absolute Gasteiger partial charge is 0.355 e. The second kappa shape index (κ2) is 6.64. The van der Waals surface area contributed by atoms with Gasteiger partial charge in [-0.2, -0.15) is 11.8 Å². The van der Waals surface area contributed by atoms with Gasteiger partial charge in [-0.3, -0.25) is 0 Å². The smallest absolute Gasteiger partial charge is 0.147 e. The molecule has 0 amide bonds. The van der Waals surface area contributed by atoms with Crippen LogP contribution in [0, 0.1) is 0 Å². The molecule has 1 fully saturated rings. The normalized spacial score (nSPS) is 17.2. The van der Waals surface area contributed by atoms with Crippen LogP contribution in [0.4, 0.5) is 5.82 Å². The molecular weight excluding hydrogens is 266 g/mol. The quantitative estimate of drug-likeness (QED) is 0.921. The number of aromatic nitrogens is 1. The van der Waals surface area contributed by atoms with Gasteiger partial charge in [0.05, 0.1) is 5.02 Å². The Kier molecular flexibility index (Phi) is 5.15. The molecule has 100 valence electrons. The van der Waals surface area contributed by atoms with E-state index in [0.717, 1.165) is 41.3 Å². The molecule has 1 saturated heterocycles. The lowest BCUT2D eigenvalue weighted by Crippen LogP contribution is -2.35. The van der Waals surface area contributed by atoms with Crippen molar-refractivity contribution in [1.29, 1.82) is 0 Å². The summed E-state index contributed by atoms with van der Waals surface area (Å²) in [6.45, 7) is 2.93. The average molecular weight is 286 g/mol. The predicted octanol–water partition coefficient (Wildman–Crippen LogP) is 2.79. The van der Waals surface area contributed by atoms with Crippen molar-refractivity contribution >= 4 is 29.2 Å². The van der Waals surface area contributed by atoms with Gasteiger partial charge in [-0.1, -0.05) is 11.6 Å². The van der Waals surface area contributed by atoms with Crippen LogP contribution >= 0.6 is 23.4 Å². The van der Waals surface area contributed by atoms with Gasteiger partial charge in [0.2, 0.25) is 0 Å². The lowest BCUT2D eigenvalue weighted by atomic mass is 10.1. The first-order valence-electron chi connectivity index (χ1n) is 6.31. The summed E-state index contributed by atoms with van der Waals surface area (Å²) in [6.07, 6.45) is 6.55. The van der Waals surface area contributed by atoms with Gasteiger partial charge in [-0.25, -0.2) is 4.98 Å². The first kappa shape index (κ1) is 14.0. The van der Waals surface area contributed by atoms with Crippen LogP contribution in [0.5, 0.6) is 0 Å². The fourth-order valence-corrected chi connectivity index (χ4v) is 3.30. The van der Waals surface area contributed by atoms with E-state index in [1.807, 2.05) is 31.1 Å². The topological polar surface area (TPSA) is 28.2 Å². The van der Waals surface area contributed by atoms with E-state index in [1.165, 1.54) is 12.8 Å². The third-order valence-corrected chi connectivity index (χ3v) is 4.75. The Morgan fingerprint density at radius 3 is 2.78 bits per heavy atom. The Bertz CT molecular complexity index is 392. The average Bonchev–Trinajstić information content (AvgIpc) is 2.40. The maximum absolute atomic E-state index is 6.33. The highest BCUT2D eigenvalue weighted by Crippen LogP contribution is 2.29. The van der Waals surface area contributed by atoms with Crippen molar-refractivity contribution < 1.29 is 0 Å². The molecule has 18 heavy (non-hydrogen) atoms. The molecule has 0 bridgehead atoms. The zero-order valence-electron chi connectivity index (χ0n) is 10.9. The van der Waals surface area contributed by atoms with Crippen LogP contribution in [0.25, 0.3) is 0 Å². The number of hydrogen-bond acceptors (Lipinski definition) is 4. The number of hydrogen-bond donors (Lipinski definition) is 1. The van der Waals surface area contributed by atoms with Crippen LogP contribution in [-0.2, 0) is 6.54 Å². The number of halogens is 1. The van der Waals surface area contributed by atoms with Gasteiger partial charge in [0.1, 0.15) is 5.82 Å². The minimum atomic E-state index is 0.769. The van der Waals surface area contributed by atoms with Gasteiger partial charge in [0, 0.05) is 31.1 Å². The van der Waals surface area contributed by atoms with Crippen LogP contribution in [0.3, 0.4) is 0 Å². The van der Waals surface area contributed by atoms with E-state index in [-0.39, 0.29) is 0 Å². The number of rotatable bonds is 4. The number of piperidine rings is 1. The van der Waals surface area contributed by atoms with Crippen LogP contribution in [0.2, 0.25) is 5.02 Å². The second-order valence-electron chi connectivity index (χ2n) is 4.60. The molecule has 5 heteroatoms.